The number of piperidine rings is 1. The summed E-state index contributed by atoms with van der Waals surface area (Å²) in [4.78, 5) is 18.9. The summed E-state index contributed by atoms with van der Waals surface area (Å²) in [7, 11) is -4.37. The average molecular weight is 430 g/mol. The van der Waals surface area contributed by atoms with Crippen LogP contribution in [-0.2, 0) is 14.9 Å². The van der Waals surface area contributed by atoms with E-state index >= 15 is 0 Å². The highest BCUT2D eigenvalue weighted by Gasteiger charge is 2.28. The number of pyridine rings is 1. The summed E-state index contributed by atoms with van der Waals surface area (Å²) in [5, 5.41) is 6.28. The lowest BCUT2D eigenvalue weighted by molar-refractivity contribution is 0.0521. The Bertz CT molecular complexity index is 1170. The van der Waals surface area contributed by atoms with Crippen molar-refractivity contribution in [3.63, 3.8) is 0 Å². The lowest BCUT2D eigenvalue weighted by Crippen LogP contribution is -2.30. The highest BCUT2D eigenvalue weighted by molar-refractivity contribution is 7.87. The van der Waals surface area contributed by atoms with Crippen LogP contribution in [0.4, 0.5) is 5.82 Å². The maximum Gasteiger partial charge on any atom is 0.357 e. The van der Waals surface area contributed by atoms with E-state index in [1.807, 2.05) is 18.2 Å². The molecule has 158 valence electrons. The number of hydrogen-bond donors (Lipinski definition) is 1. The van der Waals surface area contributed by atoms with Gasteiger partial charge in [-0.1, -0.05) is 12.1 Å². The topological polar surface area (TPSA) is 114 Å². The molecule has 0 atom stereocenters. The lowest BCUT2D eigenvalue weighted by Gasteiger charge is -2.27. The zero-order valence-electron chi connectivity index (χ0n) is 16.5. The lowest BCUT2D eigenvalue weighted by atomic mass is 10.1. The number of nitrogens with one attached hydrogen (secondary N) is 1. The number of nitrogens with zero attached hydrogens (tertiary/aromatic N) is 3. The van der Waals surface area contributed by atoms with Crippen molar-refractivity contribution in [3.05, 3.63) is 42.1 Å². The molecule has 1 fully saturated rings. The second kappa shape index (κ2) is 8.31. The summed E-state index contributed by atoms with van der Waals surface area (Å²) in [5.74, 6) is 0.0667. The van der Waals surface area contributed by atoms with Gasteiger partial charge in [0.25, 0.3) is 0 Å². The molecule has 3 heterocycles. The van der Waals surface area contributed by atoms with Gasteiger partial charge in [-0.05, 0) is 44.4 Å². The fourth-order valence-corrected chi connectivity index (χ4v) is 4.48. The van der Waals surface area contributed by atoms with Gasteiger partial charge in [0, 0.05) is 18.5 Å². The van der Waals surface area contributed by atoms with E-state index in [-0.39, 0.29) is 17.9 Å². The van der Waals surface area contributed by atoms with Gasteiger partial charge in [-0.15, -0.1) is 0 Å². The Morgan fingerprint density at radius 2 is 1.97 bits per heavy atom. The van der Waals surface area contributed by atoms with Crippen LogP contribution >= 0.6 is 0 Å². The van der Waals surface area contributed by atoms with Gasteiger partial charge < -0.3 is 13.8 Å². The maximum atomic E-state index is 12.9. The number of anilines is 1. The molecule has 0 unspecified atom stereocenters. The van der Waals surface area contributed by atoms with Crippen molar-refractivity contribution in [2.75, 3.05) is 24.6 Å². The minimum absolute atomic E-state index is 0.0794. The molecular formula is C20H22N4O5S. The normalized spacial score (nSPS) is 14.6. The van der Waals surface area contributed by atoms with Crippen LogP contribution < -0.4 is 9.08 Å². The van der Waals surface area contributed by atoms with E-state index in [4.69, 9.17) is 8.92 Å². The number of esters is 1. The molecule has 1 N–H and O–H groups in total. The summed E-state index contributed by atoms with van der Waals surface area (Å²) in [5.41, 5.74) is 0.223. The first-order chi connectivity index (χ1) is 14.5. The number of carbonyl (C=O) groups excluding carboxylic acids is 1. The second-order valence-corrected chi connectivity index (χ2v) is 8.40. The van der Waals surface area contributed by atoms with E-state index in [0.717, 1.165) is 43.3 Å². The van der Waals surface area contributed by atoms with Crippen LogP contribution in [0.5, 0.6) is 5.75 Å². The number of aromatic amines is 1. The summed E-state index contributed by atoms with van der Waals surface area (Å²) in [6.07, 6.45) is 4.50. The van der Waals surface area contributed by atoms with Crippen LogP contribution in [0.25, 0.3) is 10.9 Å². The minimum Gasteiger partial charge on any atom is -0.462 e. The van der Waals surface area contributed by atoms with E-state index in [2.05, 4.69) is 20.1 Å². The van der Waals surface area contributed by atoms with Crippen LogP contribution in [0.2, 0.25) is 0 Å². The Labute approximate surface area is 174 Å². The SMILES string of the molecule is CCOC(=O)c1cn[nH]c1S(=O)(=O)Oc1cccc2ccc(N3CCCCC3)nc12. The van der Waals surface area contributed by atoms with Gasteiger partial charge in [-0.2, -0.15) is 13.5 Å². The number of rotatable bonds is 6. The molecule has 10 heteroatoms. The van der Waals surface area contributed by atoms with Crippen LogP contribution in [0.1, 0.15) is 36.5 Å². The van der Waals surface area contributed by atoms with E-state index in [1.54, 1.807) is 13.0 Å². The molecule has 1 aliphatic heterocycles. The number of H-pyrrole nitrogens is 1. The second-order valence-electron chi connectivity index (χ2n) is 6.92. The summed E-state index contributed by atoms with van der Waals surface area (Å²) in [6.45, 7) is 3.56. The molecule has 30 heavy (non-hydrogen) atoms. The van der Waals surface area contributed by atoms with Gasteiger partial charge in [0.15, 0.2) is 5.75 Å². The molecule has 0 amide bonds. The third-order valence-electron chi connectivity index (χ3n) is 4.90. The van der Waals surface area contributed by atoms with Crippen molar-refractivity contribution in [2.24, 2.45) is 0 Å². The summed E-state index contributed by atoms with van der Waals surface area (Å²) >= 11 is 0. The van der Waals surface area contributed by atoms with E-state index < -0.39 is 21.1 Å². The number of carbonyl (C=O) groups is 1. The van der Waals surface area contributed by atoms with Crippen molar-refractivity contribution in [3.8, 4) is 5.75 Å². The van der Waals surface area contributed by atoms with Crippen LogP contribution in [0.15, 0.2) is 41.6 Å². The first-order valence-electron chi connectivity index (χ1n) is 9.79. The molecular weight excluding hydrogens is 408 g/mol. The Hall–Kier alpha value is -3.14. The van der Waals surface area contributed by atoms with Crippen molar-refractivity contribution in [1.29, 1.82) is 0 Å². The molecule has 4 rings (SSSR count). The Morgan fingerprint density at radius 1 is 1.17 bits per heavy atom. The number of ether oxygens (including phenoxy) is 1. The Kier molecular flexibility index (Phi) is 5.58. The van der Waals surface area contributed by atoms with Crippen molar-refractivity contribution >= 4 is 32.8 Å². The minimum atomic E-state index is -4.37. The molecule has 0 bridgehead atoms. The first-order valence-corrected chi connectivity index (χ1v) is 11.2. The Morgan fingerprint density at radius 3 is 2.73 bits per heavy atom. The molecule has 1 aromatic carbocycles. The van der Waals surface area contributed by atoms with Gasteiger partial charge in [0.1, 0.15) is 16.9 Å². The van der Waals surface area contributed by atoms with Gasteiger partial charge >= 0.3 is 16.1 Å². The predicted octanol–water partition coefficient (Wildman–Crippen LogP) is 2.89. The third-order valence-corrected chi connectivity index (χ3v) is 6.11. The number of fused-ring (bicyclic) bond motifs is 1. The van der Waals surface area contributed by atoms with Gasteiger partial charge in [0.05, 0.1) is 12.8 Å². The van der Waals surface area contributed by atoms with Crippen LogP contribution in [0, 0.1) is 0 Å². The predicted molar refractivity (Wildman–Crippen MR) is 110 cm³/mol. The molecule has 0 radical (unpaired) electrons. The zero-order chi connectivity index (χ0) is 21.1. The largest absolute Gasteiger partial charge is 0.462 e. The van der Waals surface area contributed by atoms with E-state index in [1.165, 1.54) is 12.5 Å². The fraction of sp³-hybridized carbons (Fsp3) is 0.350. The average Bonchev–Trinajstić information content (AvgIpc) is 3.26. The molecule has 3 aromatic rings. The van der Waals surface area contributed by atoms with Gasteiger partial charge in [-0.3, -0.25) is 5.10 Å². The van der Waals surface area contributed by atoms with Gasteiger partial charge in [-0.25, -0.2) is 9.78 Å². The van der Waals surface area contributed by atoms with Gasteiger partial charge in [0.2, 0.25) is 5.03 Å². The van der Waals surface area contributed by atoms with E-state index in [0.29, 0.717) is 5.52 Å². The molecule has 9 nitrogen and oxygen atoms in total. The molecule has 0 aliphatic carbocycles. The van der Waals surface area contributed by atoms with Crippen LogP contribution in [0.3, 0.4) is 0 Å². The standard InChI is InChI=1S/C20H22N4O5S/c1-2-28-20(25)15-13-21-23-19(15)30(26,27)29-16-8-6-7-14-9-10-17(22-18(14)16)24-11-4-3-5-12-24/h6-10,13H,2-5,11-12H2,1H3,(H,21,23). The molecule has 1 saturated heterocycles. The monoisotopic (exact) mass is 430 g/mol. The number of benzene rings is 1. The fourth-order valence-electron chi connectivity index (χ4n) is 3.45. The first kappa shape index (κ1) is 20.1. The zero-order valence-corrected chi connectivity index (χ0v) is 17.3. The van der Waals surface area contributed by atoms with Crippen molar-refractivity contribution in [2.45, 2.75) is 31.2 Å². The van der Waals surface area contributed by atoms with Crippen molar-refractivity contribution < 1.29 is 22.1 Å². The molecule has 0 spiro atoms. The van der Waals surface area contributed by atoms with Crippen LogP contribution in [-0.4, -0.2) is 49.3 Å². The molecule has 1 aliphatic rings. The highest BCUT2D eigenvalue weighted by Crippen LogP contribution is 2.30. The maximum absolute atomic E-state index is 12.9. The summed E-state index contributed by atoms with van der Waals surface area (Å²) in [6, 6.07) is 8.88. The highest BCUT2D eigenvalue weighted by atomic mass is 32.2. The quantitative estimate of drug-likeness (QED) is 0.469. The summed E-state index contributed by atoms with van der Waals surface area (Å²) < 4.78 is 36.0. The smallest absolute Gasteiger partial charge is 0.357 e. The Balaban J connectivity index is 1.69. The molecule has 2 aromatic heterocycles. The number of para-hydroxylation sites is 1. The van der Waals surface area contributed by atoms with E-state index in [9.17, 15) is 13.2 Å². The van der Waals surface area contributed by atoms with Crippen molar-refractivity contribution in [1.82, 2.24) is 15.2 Å². The molecule has 0 saturated carbocycles. The number of aromatic nitrogens is 3. The number of hydrogen-bond acceptors (Lipinski definition) is 8. The third kappa shape index (κ3) is 3.95.